The van der Waals surface area contributed by atoms with Gasteiger partial charge in [-0.15, -0.1) is 0 Å². The van der Waals surface area contributed by atoms with Gasteiger partial charge in [-0.3, -0.25) is 19.7 Å². The molecule has 3 heterocycles. The first-order valence-corrected chi connectivity index (χ1v) is 9.65. The Bertz CT molecular complexity index is 863. The van der Waals surface area contributed by atoms with Crippen LogP contribution in [0.15, 0.2) is 18.2 Å². The van der Waals surface area contributed by atoms with E-state index < -0.39 is 17.6 Å². The van der Waals surface area contributed by atoms with E-state index >= 15 is 0 Å². The van der Waals surface area contributed by atoms with E-state index in [1.54, 1.807) is 11.0 Å². The Hall–Kier alpha value is -2.25. The SMILES string of the molecule is O=C1CCC(N2Cc3cc(C4(O)CCNCC45CC5)ccc3C2=O)C(=O)N1. The predicted molar refractivity (Wildman–Crippen MR) is 95.5 cm³/mol. The van der Waals surface area contributed by atoms with Gasteiger partial charge in [-0.25, -0.2) is 0 Å². The molecule has 1 aliphatic carbocycles. The molecule has 1 aromatic carbocycles. The first-order chi connectivity index (χ1) is 12.9. The first-order valence-electron chi connectivity index (χ1n) is 9.65. The van der Waals surface area contributed by atoms with Crippen LogP contribution >= 0.6 is 0 Å². The summed E-state index contributed by atoms with van der Waals surface area (Å²) in [5, 5.41) is 17.2. The lowest BCUT2D eigenvalue weighted by molar-refractivity contribution is -0.136. The standard InChI is InChI=1S/C20H23N3O4/c24-16-4-3-15(17(25)22-16)23-10-12-9-13(1-2-14(12)18(23)26)20(27)7-8-21-11-19(20)5-6-19/h1-2,9,15,21,27H,3-8,10-11H2,(H,22,24,25). The molecule has 1 aromatic rings. The highest BCUT2D eigenvalue weighted by Gasteiger charge is 2.60. The zero-order chi connectivity index (χ0) is 18.8. The van der Waals surface area contributed by atoms with Crippen LogP contribution in [0.1, 0.15) is 53.6 Å². The van der Waals surface area contributed by atoms with Crippen molar-refractivity contribution in [1.29, 1.82) is 0 Å². The lowest BCUT2D eigenvalue weighted by Crippen LogP contribution is -2.52. The van der Waals surface area contributed by atoms with Crippen molar-refractivity contribution >= 4 is 17.7 Å². The number of piperidine rings is 2. The van der Waals surface area contributed by atoms with Gasteiger partial charge in [-0.05, 0) is 49.4 Å². The summed E-state index contributed by atoms with van der Waals surface area (Å²) < 4.78 is 0. The van der Waals surface area contributed by atoms with Gasteiger partial charge in [0.15, 0.2) is 0 Å². The second-order valence-corrected chi connectivity index (χ2v) is 8.34. The quantitative estimate of drug-likeness (QED) is 0.656. The number of fused-ring (bicyclic) bond motifs is 1. The second-order valence-electron chi connectivity index (χ2n) is 8.34. The third-order valence-corrected chi connectivity index (χ3v) is 6.86. The number of benzene rings is 1. The third-order valence-electron chi connectivity index (χ3n) is 6.86. The van der Waals surface area contributed by atoms with Crippen molar-refractivity contribution in [3.8, 4) is 0 Å². The Labute approximate surface area is 157 Å². The van der Waals surface area contributed by atoms with Crippen molar-refractivity contribution < 1.29 is 19.5 Å². The molecular formula is C20H23N3O4. The molecule has 3 amide bonds. The summed E-state index contributed by atoms with van der Waals surface area (Å²) in [4.78, 5) is 37.9. The van der Waals surface area contributed by atoms with Gasteiger partial charge in [0.25, 0.3) is 5.91 Å². The highest BCUT2D eigenvalue weighted by atomic mass is 16.3. The summed E-state index contributed by atoms with van der Waals surface area (Å²) in [7, 11) is 0. The number of carbonyl (C=O) groups excluding carboxylic acids is 3. The molecule has 1 saturated carbocycles. The number of rotatable bonds is 2. The second kappa shape index (κ2) is 5.62. The van der Waals surface area contributed by atoms with Crippen molar-refractivity contribution in [1.82, 2.24) is 15.5 Å². The minimum Gasteiger partial charge on any atom is -0.384 e. The van der Waals surface area contributed by atoms with Gasteiger partial charge >= 0.3 is 0 Å². The molecule has 2 atom stereocenters. The summed E-state index contributed by atoms with van der Waals surface area (Å²) in [5.41, 5.74) is 1.36. The van der Waals surface area contributed by atoms with E-state index in [1.165, 1.54) is 0 Å². The van der Waals surface area contributed by atoms with Crippen molar-refractivity contribution in [2.24, 2.45) is 5.41 Å². The number of nitrogens with one attached hydrogen (secondary N) is 2. The van der Waals surface area contributed by atoms with Gasteiger partial charge in [0.1, 0.15) is 6.04 Å². The van der Waals surface area contributed by atoms with Crippen molar-refractivity contribution in [3.63, 3.8) is 0 Å². The molecular weight excluding hydrogens is 346 g/mol. The van der Waals surface area contributed by atoms with Crippen LogP contribution in [0.5, 0.6) is 0 Å². The summed E-state index contributed by atoms with van der Waals surface area (Å²) in [6, 6.07) is 5.00. The van der Waals surface area contributed by atoms with Crippen molar-refractivity contribution in [2.75, 3.05) is 13.1 Å². The Kier molecular flexibility index (Phi) is 3.52. The summed E-state index contributed by atoms with van der Waals surface area (Å²) in [6.45, 7) is 1.94. The van der Waals surface area contributed by atoms with Gasteiger partial charge < -0.3 is 15.3 Å². The molecule has 2 unspecified atom stereocenters. The van der Waals surface area contributed by atoms with E-state index in [1.807, 2.05) is 12.1 Å². The fourth-order valence-corrected chi connectivity index (χ4v) is 5.03. The third kappa shape index (κ3) is 2.38. The van der Waals surface area contributed by atoms with Crippen LogP contribution in [-0.2, 0) is 21.7 Å². The van der Waals surface area contributed by atoms with Crippen molar-refractivity contribution in [3.05, 3.63) is 34.9 Å². The predicted octanol–water partition coefficient (Wildman–Crippen LogP) is 0.409. The number of imide groups is 1. The van der Waals surface area contributed by atoms with Crippen LogP contribution in [-0.4, -0.2) is 46.9 Å². The average Bonchev–Trinajstić information content (AvgIpc) is 3.36. The average molecular weight is 369 g/mol. The zero-order valence-electron chi connectivity index (χ0n) is 15.1. The maximum atomic E-state index is 12.8. The Morgan fingerprint density at radius 3 is 2.70 bits per heavy atom. The fraction of sp³-hybridized carbons (Fsp3) is 0.550. The molecule has 3 aliphatic heterocycles. The molecule has 4 aliphatic rings. The largest absolute Gasteiger partial charge is 0.384 e. The number of hydrogen-bond acceptors (Lipinski definition) is 5. The van der Waals surface area contributed by atoms with Gasteiger partial charge in [-0.1, -0.05) is 12.1 Å². The first kappa shape index (κ1) is 16.9. The smallest absolute Gasteiger partial charge is 0.255 e. The number of amides is 3. The van der Waals surface area contributed by atoms with E-state index in [0.717, 1.165) is 37.1 Å². The molecule has 27 heavy (non-hydrogen) atoms. The van der Waals surface area contributed by atoms with E-state index in [2.05, 4.69) is 10.6 Å². The van der Waals surface area contributed by atoms with Crippen molar-refractivity contribution in [2.45, 2.75) is 50.3 Å². The topological polar surface area (TPSA) is 98.7 Å². The van der Waals surface area contributed by atoms with Crippen LogP contribution in [0.3, 0.4) is 0 Å². The Balaban J connectivity index is 1.44. The highest BCUT2D eigenvalue weighted by Crippen LogP contribution is 2.60. The lowest BCUT2D eigenvalue weighted by Gasteiger charge is -2.41. The normalized spacial score (nSPS) is 31.8. The maximum Gasteiger partial charge on any atom is 0.255 e. The van der Waals surface area contributed by atoms with Crippen LogP contribution < -0.4 is 10.6 Å². The highest BCUT2D eigenvalue weighted by molar-refractivity contribution is 6.05. The molecule has 142 valence electrons. The monoisotopic (exact) mass is 369 g/mol. The minimum atomic E-state index is -0.863. The van der Waals surface area contributed by atoms with Crippen LogP contribution in [0.2, 0.25) is 0 Å². The van der Waals surface area contributed by atoms with Crippen LogP contribution in [0.25, 0.3) is 0 Å². The summed E-state index contributed by atoms with van der Waals surface area (Å²) in [6.07, 6.45) is 3.29. The molecule has 2 saturated heterocycles. The number of hydrogen-bond donors (Lipinski definition) is 3. The van der Waals surface area contributed by atoms with Crippen LogP contribution in [0, 0.1) is 5.41 Å². The molecule has 7 nitrogen and oxygen atoms in total. The van der Waals surface area contributed by atoms with Gasteiger partial charge in [0.2, 0.25) is 11.8 Å². The van der Waals surface area contributed by atoms with E-state index in [4.69, 9.17) is 0 Å². The van der Waals surface area contributed by atoms with E-state index in [9.17, 15) is 19.5 Å². The molecule has 0 radical (unpaired) electrons. The maximum absolute atomic E-state index is 12.8. The van der Waals surface area contributed by atoms with Gasteiger partial charge in [-0.2, -0.15) is 0 Å². The molecule has 3 N–H and O–H groups in total. The molecule has 3 fully saturated rings. The van der Waals surface area contributed by atoms with E-state index in [0.29, 0.717) is 24.9 Å². The number of aliphatic hydroxyl groups is 1. The minimum absolute atomic E-state index is 0.0919. The number of nitrogens with zero attached hydrogens (tertiary/aromatic N) is 1. The molecule has 0 aromatic heterocycles. The van der Waals surface area contributed by atoms with Crippen LogP contribution in [0.4, 0.5) is 0 Å². The number of carbonyl (C=O) groups is 3. The van der Waals surface area contributed by atoms with Gasteiger partial charge in [0.05, 0.1) is 5.60 Å². The van der Waals surface area contributed by atoms with E-state index in [-0.39, 0.29) is 23.7 Å². The summed E-state index contributed by atoms with van der Waals surface area (Å²) in [5.74, 6) is -0.864. The summed E-state index contributed by atoms with van der Waals surface area (Å²) >= 11 is 0. The lowest BCUT2D eigenvalue weighted by atomic mass is 9.73. The molecule has 0 bridgehead atoms. The Morgan fingerprint density at radius 2 is 1.96 bits per heavy atom. The molecule has 7 heteroatoms. The fourth-order valence-electron chi connectivity index (χ4n) is 5.03. The zero-order valence-corrected chi connectivity index (χ0v) is 15.1. The molecule has 1 spiro atoms. The Morgan fingerprint density at radius 1 is 1.15 bits per heavy atom. The molecule has 5 rings (SSSR count). The van der Waals surface area contributed by atoms with Gasteiger partial charge in [0, 0.05) is 30.5 Å².